The summed E-state index contributed by atoms with van der Waals surface area (Å²) in [6.45, 7) is 3.79. The summed E-state index contributed by atoms with van der Waals surface area (Å²) >= 11 is 0. The monoisotopic (exact) mass is 207 g/mol. The molecule has 0 heterocycles. The first-order chi connectivity index (χ1) is 6.14. The molecule has 0 N–H and O–H groups in total. The van der Waals surface area contributed by atoms with E-state index in [1.165, 1.54) is 7.11 Å². The van der Waals surface area contributed by atoms with Gasteiger partial charge in [-0.25, -0.2) is 0 Å². The Morgan fingerprint density at radius 2 is 1.85 bits per heavy atom. The highest BCUT2D eigenvalue weighted by Gasteiger charge is 2.35. The fraction of sp³-hybridized carbons (Fsp3) is 0.857. The van der Waals surface area contributed by atoms with Crippen molar-refractivity contribution >= 4 is 7.60 Å². The minimum Gasteiger partial charge on any atom is -0.355 e. The Morgan fingerprint density at radius 1 is 1.38 bits per heavy atom. The van der Waals surface area contributed by atoms with E-state index < -0.39 is 13.4 Å². The molecule has 0 spiro atoms. The molecule has 76 valence electrons. The number of nitrogens with zero attached hydrogens (tertiary/aromatic N) is 1. The summed E-state index contributed by atoms with van der Waals surface area (Å²) in [5, 5.41) is 8.61. The van der Waals surface area contributed by atoms with Gasteiger partial charge in [0.05, 0.1) is 13.2 Å². The molecular weight excluding hydrogens is 193 g/mol. The molecule has 0 saturated carbocycles. The lowest BCUT2D eigenvalue weighted by Gasteiger charge is -2.19. The van der Waals surface area contributed by atoms with Gasteiger partial charge in [0.2, 0.25) is 5.85 Å². The van der Waals surface area contributed by atoms with Gasteiger partial charge in [-0.15, -0.1) is 0 Å². The van der Waals surface area contributed by atoms with Gasteiger partial charge in [-0.2, -0.15) is 5.26 Å². The SMILES string of the molecule is CCOP(=O)(OCC)C(C#N)OC. The van der Waals surface area contributed by atoms with E-state index >= 15 is 0 Å². The highest BCUT2D eigenvalue weighted by Crippen LogP contribution is 2.52. The lowest BCUT2D eigenvalue weighted by atomic mass is 10.8. The largest absolute Gasteiger partial charge is 0.373 e. The summed E-state index contributed by atoms with van der Waals surface area (Å²) in [7, 11) is -2.12. The van der Waals surface area contributed by atoms with Crippen LogP contribution in [0, 0.1) is 11.3 Å². The third-order valence-corrected chi connectivity index (χ3v) is 3.38. The van der Waals surface area contributed by atoms with Crippen LogP contribution in [0.15, 0.2) is 0 Å². The van der Waals surface area contributed by atoms with Crippen LogP contribution in [0.4, 0.5) is 0 Å². The molecule has 0 aromatic heterocycles. The number of methoxy groups -OCH3 is 1. The van der Waals surface area contributed by atoms with Crippen LogP contribution in [0.1, 0.15) is 13.8 Å². The van der Waals surface area contributed by atoms with Crippen LogP contribution in [-0.4, -0.2) is 26.2 Å². The van der Waals surface area contributed by atoms with Gasteiger partial charge in [0, 0.05) is 7.11 Å². The summed E-state index contributed by atoms with van der Waals surface area (Å²) in [5.41, 5.74) is 0. The minimum atomic E-state index is -3.41. The second-order valence-corrected chi connectivity index (χ2v) is 4.16. The lowest BCUT2D eigenvalue weighted by Crippen LogP contribution is -2.13. The van der Waals surface area contributed by atoms with Crippen LogP contribution in [0.25, 0.3) is 0 Å². The quantitative estimate of drug-likeness (QED) is 0.620. The standard InChI is InChI=1S/C7H14NO4P/c1-4-11-13(9,12-5-2)7(6-8)10-3/h7H,4-5H2,1-3H3. The summed E-state index contributed by atoms with van der Waals surface area (Å²) in [5.74, 6) is -1.15. The third kappa shape index (κ3) is 3.45. The van der Waals surface area contributed by atoms with Gasteiger partial charge >= 0.3 is 7.60 Å². The zero-order valence-corrected chi connectivity index (χ0v) is 8.91. The number of hydrogen-bond acceptors (Lipinski definition) is 5. The van der Waals surface area contributed by atoms with E-state index in [1.54, 1.807) is 19.9 Å². The topological polar surface area (TPSA) is 68.5 Å². The van der Waals surface area contributed by atoms with E-state index in [2.05, 4.69) is 0 Å². The zero-order valence-electron chi connectivity index (χ0n) is 8.02. The Labute approximate surface area is 78.1 Å². The second kappa shape index (κ2) is 6.11. The van der Waals surface area contributed by atoms with E-state index in [0.29, 0.717) is 0 Å². The molecule has 0 bridgehead atoms. The minimum absolute atomic E-state index is 0.221. The molecule has 13 heavy (non-hydrogen) atoms. The van der Waals surface area contributed by atoms with E-state index in [-0.39, 0.29) is 13.2 Å². The molecule has 0 saturated heterocycles. The molecule has 0 amide bonds. The Balaban J connectivity index is 4.56. The number of rotatable bonds is 6. The normalized spacial score (nSPS) is 13.7. The Hall–Kier alpha value is -0.400. The fourth-order valence-electron chi connectivity index (χ4n) is 0.785. The van der Waals surface area contributed by atoms with Crippen molar-refractivity contribution in [3.05, 3.63) is 0 Å². The smallest absolute Gasteiger partial charge is 0.355 e. The Morgan fingerprint density at radius 3 is 2.08 bits per heavy atom. The zero-order chi connectivity index (χ0) is 10.3. The molecule has 6 heteroatoms. The van der Waals surface area contributed by atoms with Crippen LogP contribution in [-0.2, 0) is 18.3 Å². The van der Waals surface area contributed by atoms with Gasteiger partial charge in [-0.05, 0) is 13.8 Å². The maximum Gasteiger partial charge on any atom is 0.373 e. The van der Waals surface area contributed by atoms with Gasteiger partial charge in [0.25, 0.3) is 0 Å². The van der Waals surface area contributed by atoms with Crippen molar-refractivity contribution in [3.8, 4) is 6.07 Å². The van der Waals surface area contributed by atoms with Gasteiger partial charge < -0.3 is 13.8 Å². The first-order valence-corrected chi connectivity index (χ1v) is 5.57. The molecule has 1 atom stereocenters. The molecule has 0 aliphatic carbocycles. The highest BCUT2D eigenvalue weighted by atomic mass is 31.2. The second-order valence-electron chi connectivity index (χ2n) is 2.09. The summed E-state index contributed by atoms with van der Waals surface area (Å²) in [4.78, 5) is 0. The molecule has 0 rings (SSSR count). The third-order valence-electron chi connectivity index (χ3n) is 1.24. The fourth-order valence-corrected chi connectivity index (χ4v) is 2.25. The maximum atomic E-state index is 11.8. The first-order valence-electron chi connectivity index (χ1n) is 3.95. The number of ether oxygens (including phenoxy) is 1. The number of hydrogen-bond donors (Lipinski definition) is 0. The van der Waals surface area contributed by atoms with Crippen LogP contribution in [0.5, 0.6) is 0 Å². The summed E-state index contributed by atoms with van der Waals surface area (Å²) in [6, 6.07) is 1.73. The predicted octanol–water partition coefficient (Wildman–Crippen LogP) is 1.75. The van der Waals surface area contributed by atoms with Crippen LogP contribution in [0.2, 0.25) is 0 Å². The van der Waals surface area contributed by atoms with Crippen molar-refractivity contribution in [2.45, 2.75) is 19.7 Å². The van der Waals surface area contributed by atoms with E-state index in [9.17, 15) is 4.57 Å². The lowest BCUT2D eigenvalue weighted by molar-refractivity contribution is 0.137. The molecular formula is C7H14NO4P. The molecule has 0 aromatic carbocycles. The van der Waals surface area contributed by atoms with Gasteiger partial charge in [0.1, 0.15) is 6.07 Å². The Kier molecular flexibility index (Phi) is 5.93. The summed E-state index contributed by atoms with van der Waals surface area (Å²) < 4.78 is 26.3. The van der Waals surface area contributed by atoms with Crippen molar-refractivity contribution in [1.29, 1.82) is 5.26 Å². The van der Waals surface area contributed by atoms with Gasteiger partial charge in [-0.1, -0.05) is 0 Å². The van der Waals surface area contributed by atoms with E-state index in [4.69, 9.17) is 19.0 Å². The molecule has 1 unspecified atom stereocenters. The average Bonchev–Trinajstić information content (AvgIpc) is 2.07. The van der Waals surface area contributed by atoms with Crippen LogP contribution in [0.3, 0.4) is 0 Å². The molecule has 0 aliphatic rings. The van der Waals surface area contributed by atoms with Crippen LogP contribution < -0.4 is 0 Å². The van der Waals surface area contributed by atoms with E-state index in [0.717, 1.165) is 0 Å². The van der Waals surface area contributed by atoms with Gasteiger partial charge in [-0.3, -0.25) is 4.57 Å². The van der Waals surface area contributed by atoms with Crippen molar-refractivity contribution in [2.75, 3.05) is 20.3 Å². The van der Waals surface area contributed by atoms with Gasteiger partial charge in [0.15, 0.2) is 0 Å². The molecule has 0 aromatic rings. The average molecular weight is 207 g/mol. The molecule has 0 radical (unpaired) electrons. The molecule has 5 nitrogen and oxygen atoms in total. The van der Waals surface area contributed by atoms with Crippen molar-refractivity contribution in [2.24, 2.45) is 0 Å². The Bertz CT molecular complexity index is 215. The molecule has 0 aliphatic heterocycles. The first kappa shape index (κ1) is 12.6. The number of nitriles is 1. The predicted molar refractivity (Wildman–Crippen MR) is 47.3 cm³/mol. The van der Waals surface area contributed by atoms with Crippen molar-refractivity contribution in [3.63, 3.8) is 0 Å². The maximum absolute atomic E-state index is 11.8. The van der Waals surface area contributed by atoms with Crippen molar-refractivity contribution in [1.82, 2.24) is 0 Å². The molecule has 0 fully saturated rings. The highest BCUT2D eigenvalue weighted by molar-refractivity contribution is 7.54. The van der Waals surface area contributed by atoms with E-state index in [1.807, 2.05) is 0 Å². The van der Waals surface area contributed by atoms with Crippen molar-refractivity contribution < 1.29 is 18.3 Å². The van der Waals surface area contributed by atoms with Crippen LogP contribution >= 0.6 is 7.60 Å². The summed E-state index contributed by atoms with van der Waals surface area (Å²) in [6.07, 6.45) is 0.